The van der Waals surface area contributed by atoms with Gasteiger partial charge in [0, 0.05) is 6.42 Å². The minimum Gasteiger partial charge on any atom is -0.480 e. The number of carbonyl (C=O) groups is 2. The zero-order valence-corrected chi connectivity index (χ0v) is 10.8. The molecule has 18 heavy (non-hydrogen) atoms. The molecule has 1 unspecified atom stereocenters. The van der Waals surface area contributed by atoms with Crippen molar-refractivity contribution in [3.63, 3.8) is 0 Å². The van der Waals surface area contributed by atoms with Crippen LogP contribution in [0.1, 0.15) is 32.1 Å². The van der Waals surface area contributed by atoms with E-state index in [0.29, 0.717) is 19.3 Å². The molecular weight excluding hydrogens is 258 g/mol. The van der Waals surface area contributed by atoms with Crippen LogP contribution in [-0.4, -0.2) is 42.4 Å². The van der Waals surface area contributed by atoms with Crippen molar-refractivity contribution in [2.45, 2.75) is 37.6 Å². The van der Waals surface area contributed by atoms with Crippen LogP contribution in [0, 0.1) is 5.92 Å². The number of nitrogens with one attached hydrogen (secondary N) is 1. The highest BCUT2D eigenvalue weighted by molar-refractivity contribution is 7.91. The molecule has 1 saturated carbocycles. The van der Waals surface area contributed by atoms with E-state index in [4.69, 9.17) is 5.11 Å². The molecule has 0 radical (unpaired) electrons. The van der Waals surface area contributed by atoms with Gasteiger partial charge in [-0.2, -0.15) is 0 Å². The second-order valence-corrected chi connectivity index (χ2v) is 7.49. The maximum Gasteiger partial charge on any atom is 0.329 e. The molecule has 1 saturated heterocycles. The number of carbonyl (C=O) groups excluding carboxylic acids is 1. The Morgan fingerprint density at radius 2 is 2.00 bits per heavy atom. The first kappa shape index (κ1) is 13.3. The van der Waals surface area contributed by atoms with Crippen molar-refractivity contribution in [3.8, 4) is 0 Å². The molecule has 0 bridgehead atoms. The van der Waals surface area contributed by atoms with Crippen molar-refractivity contribution in [1.29, 1.82) is 0 Å². The summed E-state index contributed by atoms with van der Waals surface area (Å²) < 4.78 is 22.5. The van der Waals surface area contributed by atoms with Crippen molar-refractivity contribution in [2.75, 3.05) is 11.5 Å². The average Bonchev–Trinajstić information content (AvgIpc) is 2.51. The summed E-state index contributed by atoms with van der Waals surface area (Å²) in [6, 6.07) is 0. The topological polar surface area (TPSA) is 101 Å². The zero-order valence-electron chi connectivity index (χ0n) is 10.0. The van der Waals surface area contributed by atoms with E-state index in [1.165, 1.54) is 0 Å². The fourth-order valence-electron chi connectivity index (χ4n) is 2.54. The summed E-state index contributed by atoms with van der Waals surface area (Å²) in [5, 5.41) is 11.6. The van der Waals surface area contributed by atoms with Crippen LogP contribution < -0.4 is 5.32 Å². The standard InChI is InChI=1S/C11H17NO5S/c13-9(6-8-2-5-18(16,17)7-8)12-11(10(14)15)3-1-4-11/h8H,1-7H2,(H,12,13)(H,14,15). The number of hydrogen-bond donors (Lipinski definition) is 2. The summed E-state index contributed by atoms with van der Waals surface area (Å²) in [7, 11) is -2.99. The van der Waals surface area contributed by atoms with Crippen LogP contribution in [0.5, 0.6) is 0 Å². The third-order valence-corrected chi connectivity index (χ3v) is 5.63. The van der Waals surface area contributed by atoms with E-state index in [-0.39, 0.29) is 29.8 Å². The van der Waals surface area contributed by atoms with Crippen LogP contribution in [0.15, 0.2) is 0 Å². The first-order valence-electron chi connectivity index (χ1n) is 6.08. The van der Waals surface area contributed by atoms with Gasteiger partial charge < -0.3 is 10.4 Å². The molecular formula is C11H17NO5S. The average molecular weight is 275 g/mol. The normalized spacial score (nSPS) is 28.3. The van der Waals surface area contributed by atoms with Gasteiger partial charge in [0.05, 0.1) is 11.5 Å². The highest BCUT2D eigenvalue weighted by Gasteiger charge is 2.46. The first-order chi connectivity index (χ1) is 8.33. The summed E-state index contributed by atoms with van der Waals surface area (Å²) in [4.78, 5) is 22.8. The molecule has 2 N–H and O–H groups in total. The molecule has 0 aromatic carbocycles. The van der Waals surface area contributed by atoms with E-state index >= 15 is 0 Å². The van der Waals surface area contributed by atoms with E-state index in [9.17, 15) is 18.0 Å². The quantitative estimate of drug-likeness (QED) is 0.748. The monoisotopic (exact) mass is 275 g/mol. The van der Waals surface area contributed by atoms with Crippen LogP contribution in [0.2, 0.25) is 0 Å². The molecule has 1 heterocycles. The van der Waals surface area contributed by atoms with Gasteiger partial charge in [0.25, 0.3) is 0 Å². The lowest BCUT2D eigenvalue weighted by atomic mass is 9.76. The molecule has 2 fully saturated rings. The van der Waals surface area contributed by atoms with Gasteiger partial charge in [-0.15, -0.1) is 0 Å². The Morgan fingerprint density at radius 3 is 2.39 bits per heavy atom. The Morgan fingerprint density at radius 1 is 1.33 bits per heavy atom. The van der Waals surface area contributed by atoms with Gasteiger partial charge in [-0.1, -0.05) is 0 Å². The maximum atomic E-state index is 11.8. The van der Waals surface area contributed by atoms with Gasteiger partial charge in [0.15, 0.2) is 9.84 Å². The third-order valence-electron chi connectivity index (χ3n) is 3.80. The predicted molar refractivity (Wildman–Crippen MR) is 63.7 cm³/mol. The van der Waals surface area contributed by atoms with Crippen molar-refractivity contribution in [3.05, 3.63) is 0 Å². The Balaban J connectivity index is 1.88. The Hall–Kier alpha value is -1.11. The highest BCUT2D eigenvalue weighted by Crippen LogP contribution is 2.32. The van der Waals surface area contributed by atoms with Gasteiger partial charge in [0.2, 0.25) is 5.91 Å². The Kier molecular flexibility index (Phi) is 3.35. The number of carboxylic acids is 1. The largest absolute Gasteiger partial charge is 0.480 e. The molecule has 7 heteroatoms. The smallest absolute Gasteiger partial charge is 0.329 e. The van der Waals surface area contributed by atoms with E-state index in [2.05, 4.69) is 5.32 Å². The van der Waals surface area contributed by atoms with Gasteiger partial charge in [-0.25, -0.2) is 13.2 Å². The molecule has 0 spiro atoms. The minimum absolute atomic E-state index is 0.0422. The molecule has 1 amide bonds. The third kappa shape index (κ3) is 2.66. The van der Waals surface area contributed by atoms with Crippen molar-refractivity contribution in [2.24, 2.45) is 5.92 Å². The summed E-state index contributed by atoms with van der Waals surface area (Å²) in [6.45, 7) is 0. The predicted octanol–water partition coefficient (Wildman–Crippen LogP) is -0.0653. The summed E-state index contributed by atoms with van der Waals surface area (Å²) in [5.74, 6) is -1.34. The molecule has 0 aromatic heterocycles. The van der Waals surface area contributed by atoms with E-state index in [0.717, 1.165) is 6.42 Å². The summed E-state index contributed by atoms with van der Waals surface area (Å²) in [6.07, 6.45) is 2.31. The number of amides is 1. The van der Waals surface area contributed by atoms with Crippen molar-refractivity contribution in [1.82, 2.24) is 5.32 Å². The lowest BCUT2D eigenvalue weighted by Crippen LogP contribution is -2.59. The Bertz CT molecular complexity index is 466. The molecule has 1 aliphatic heterocycles. The highest BCUT2D eigenvalue weighted by atomic mass is 32.2. The molecule has 2 aliphatic rings. The molecule has 6 nitrogen and oxygen atoms in total. The van der Waals surface area contributed by atoms with Gasteiger partial charge in [0.1, 0.15) is 5.54 Å². The number of sulfone groups is 1. The van der Waals surface area contributed by atoms with Crippen molar-refractivity contribution >= 4 is 21.7 Å². The molecule has 1 aliphatic carbocycles. The van der Waals surface area contributed by atoms with Crippen LogP contribution in [0.4, 0.5) is 0 Å². The number of hydrogen-bond acceptors (Lipinski definition) is 4. The maximum absolute atomic E-state index is 11.8. The Labute approximate surface area is 106 Å². The molecule has 102 valence electrons. The minimum atomic E-state index is -2.99. The van der Waals surface area contributed by atoms with Crippen LogP contribution in [0.25, 0.3) is 0 Å². The molecule has 0 aromatic rings. The van der Waals surface area contributed by atoms with Crippen LogP contribution >= 0.6 is 0 Å². The lowest BCUT2D eigenvalue weighted by molar-refractivity contribution is -0.151. The van der Waals surface area contributed by atoms with Crippen LogP contribution in [-0.2, 0) is 19.4 Å². The van der Waals surface area contributed by atoms with E-state index < -0.39 is 21.3 Å². The molecule has 1 atom stereocenters. The number of rotatable bonds is 4. The van der Waals surface area contributed by atoms with Gasteiger partial charge in [-0.3, -0.25) is 4.79 Å². The first-order valence-corrected chi connectivity index (χ1v) is 7.90. The summed E-state index contributed by atoms with van der Waals surface area (Å²) in [5.41, 5.74) is -1.10. The summed E-state index contributed by atoms with van der Waals surface area (Å²) >= 11 is 0. The SMILES string of the molecule is O=C(CC1CCS(=O)(=O)C1)NC1(C(=O)O)CCC1. The zero-order chi connectivity index (χ0) is 13.4. The van der Waals surface area contributed by atoms with Gasteiger partial charge in [-0.05, 0) is 31.6 Å². The van der Waals surface area contributed by atoms with E-state index in [1.807, 2.05) is 0 Å². The second-order valence-electron chi connectivity index (χ2n) is 5.26. The van der Waals surface area contributed by atoms with Crippen LogP contribution in [0.3, 0.4) is 0 Å². The fraction of sp³-hybridized carbons (Fsp3) is 0.818. The van der Waals surface area contributed by atoms with Gasteiger partial charge >= 0.3 is 5.97 Å². The molecule has 2 rings (SSSR count). The number of aliphatic carboxylic acids is 1. The second kappa shape index (κ2) is 4.53. The fourth-order valence-corrected chi connectivity index (χ4v) is 4.40. The van der Waals surface area contributed by atoms with Crippen molar-refractivity contribution < 1.29 is 23.1 Å². The number of carboxylic acid groups (broad SMARTS) is 1. The lowest BCUT2D eigenvalue weighted by Gasteiger charge is -2.38. The van der Waals surface area contributed by atoms with E-state index in [1.54, 1.807) is 0 Å².